The van der Waals surface area contributed by atoms with Crippen LogP contribution in [0.2, 0.25) is 0 Å². The molecule has 1 saturated carbocycles. The number of amides is 1. The Morgan fingerprint density at radius 3 is 2.15 bits per heavy atom. The van der Waals surface area contributed by atoms with Gasteiger partial charge in [-0.1, -0.05) is 58.0 Å². The molecule has 0 heterocycles. The number of rotatable bonds is 6. The van der Waals surface area contributed by atoms with Gasteiger partial charge >= 0.3 is 0 Å². The number of hydrogen-bond donors (Lipinski definition) is 0. The molecule has 1 aromatic carbocycles. The predicted molar refractivity (Wildman–Crippen MR) is 83.5 cm³/mol. The Hall–Kier alpha value is -1.31. The lowest BCUT2D eigenvalue weighted by Gasteiger charge is -2.26. The Morgan fingerprint density at radius 2 is 1.65 bits per heavy atom. The summed E-state index contributed by atoms with van der Waals surface area (Å²) in [5.41, 5.74) is 1.32. The highest BCUT2D eigenvalue weighted by molar-refractivity contribution is 5.83. The molecule has 0 bridgehead atoms. The van der Waals surface area contributed by atoms with Crippen LogP contribution < -0.4 is 0 Å². The molecule has 1 aliphatic carbocycles. The molecule has 0 radical (unpaired) electrons. The van der Waals surface area contributed by atoms with E-state index in [1.54, 1.807) is 0 Å². The molecular formula is C18H27NO. The molecule has 0 saturated heterocycles. The second kappa shape index (κ2) is 6.43. The summed E-state index contributed by atoms with van der Waals surface area (Å²) in [7, 11) is 0. The van der Waals surface area contributed by atoms with Crippen LogP contribution in [0.4, 0.5) is 0 Å². The first-order valence-corrected chi connectivity index (χ1v) is 7.82. The van der Waals surface area contributed by atoms with Gasteiger partial charge in [0.2, 0.25) is 5.91 Å². The maximum absolute atomic E-state index is 12.7. The van der Waals surface area contributed by atoms with Gasteiger partial charge in [0.05, 0.1) is 0 Å². The number of nitrogens with zero attached hydrogens (tertiary/aromatic N) is 1. The highest BCUT2D eigenvalue weighted by Crippen LogP contribution is 2.48. The molecule has 0 spiro atoms. The van der Waals surface area contributed by atoms with Gasteiger partial charge in [-0.2, -0.15) is 0 Å². The number of hydrogen-bond acceptors (Lipinski definition) is 1. The van der Waals surface area contributed by atoms with Crippen molar-refractivity contribution in [3.8, 4) is 0 Å². The fourth-order valence-corrected chi connectivity index (χ4v) is 2.91. The lowest BCUT2D eigenvalue weighted by atomic mass is 10.1. The third-order valence-corrected chi connectivity index (χ3v) is 3.82. The van der Waals surface area contributed by atoms with E-state index in [0.29, 0.717) is 23.7 Å². The van der Waals surface area contributed by atoms with Crippen LogP contribution in [0, 0.1) is 17.8 Å². The zero-order valence-corrected chi connectivity index (χ0v) is 13.2. The topological polar surface area (TPSA) is 20.3 Å². The minimum Gasteiger partial charge on any atom is -0.342 e. The van der Waals surface area contributed by atoms with Gasteiger partial charge in [0.15, 0.2) is 0 Å². The fourth-order valence-electron chi connectivity index (χ4n) is 2.91. The Labute approximate surface area is 123 Å². The molecule has 110 valence electrons. The molecule has 2 rings (SSSR count). The summed E-state index contributed by atoms with van der Waals surface area (Å²) in [6, 6.07) is 10.5. The van der Waals surface area contributed by atoms with E-state index in [9.17, 15) is 4.79 Å². The zero-order chi connectivity index (χ0) is 14.7. The monoisotopic (exact) mass is 273 g/mol. The van der Waals surface area contributed by atoms with Crippen molar-refractivity contribution in [1.82, 2.24) is 4.90 Å². The molecular weight excluding hydrogens is 246 g/mol. The van der Waals surface area contributed by atoms with Crippen LogP contribution in [-0.2, 0) is 4.79 Å². The minimum atomic E-state index is 0.217. The average molecular weight is 273 g/mol. The van der Waals surface area contributed by atoms with Crippen molar-refractivity contribution in [3.63, 3.8) is 0 Å². The van der Waals surface area contributed by atoms with E-state index in [1.807, 2.05) is 6.07 Å². The van der Waals surface area contributed by atoms with Crippen LogP contribution in [-0.4, -0.2) is 23.9 Å². The van der Waals surface area contributed by atoms with E-state index in [1.165, 1.54) is 5.56 Å². The van der Waals surface area contributed by atoms with Crippen molar-refractivity contribution in [3.05, 3.63) is 35.9 Å². The summed E-state index contributed by atoms with van der Waals surface area (Å²) < 4.78 is 0. The van der Waals surface area contributed by atoms with Gasteiger partial charge in [-0.05, 0) is 29.7 Å². The van der Waals surface area contributed by atoms with Gasteiger partial charge in [0.1, 0.15) is 0 Å². The summed E-state index contributed by atoms with van der Waals surface area (Å²) in [4.78, 5) is 14.8. The van der Waals surface area contributed by atoms with Crippen molar-refractivity contribution >= 4 is 5.91 Å². The summed E-state index contributed by atoms with van der Waals surface area (Å²) in [6.07, 6.45) is 1.02. The largest absolute Gasteiger partial charge is 0.342 e. The SMILES string of the molecule is CC(C)CN(CC(C)C)C(=O)[C@H]1C[C@@H]1c1ccccc1. The Kier molecular flexibility index (Phi) is 4.85. The fraction of sp³-hybridized carbons (Fsp3) is 0.611. The van der Waals surface area contributed by atoms with Crippen molar-refractivity contribution in [2.24, 2.45) is 17.8 Å². The second-order valence-corrected chi connectivity index (χ2v) is 6.89. The Bertz CT molecular complexity index is 428. The lowest BCUT2D eigenvalue weighted by molar-refractivity contribution is -0.133. The molecule has 2 nitrogen and oxygen atoms in total. The van der Waals surface area contributed by atoms with E-state index in [4.69, 9.17) is 0 Å². The van der Waals surface area contributed by atoms with Gasteiger partial charge in [0, 0.05) is 19.0 Å². The molecule has 0 aromatic heterocycles. The summed E-state index contributed by atoms with van der Waals surface area (Å²) in [6.45, 7) is 10.5. The highest BCUT2D eigenvalue weighted by Gasteiger charge is 2.45. The van der Waals surface area contributed by atoms with Gasteiger partial charge < -0.3 is 4.90 Å². The van der Waals surface area contributed by atoms with Gasteiger partial charge in [-0.25, -0.2) is 0 Å². The zero-order valence-electron chi connectivity index (χ0n) is 13.2. The Balaban J connectivity index is 1.99. The number of carbonyl (C=O) groups excluding carboxylic acids is 1. The summed E-state index contributed by atoms with van der Waals surface area (Å²) in [5.74, 6) is 2.10. The predicted octanol–water partition coefficient (Wildman–Crippen LogP) is 3.93. The maximum Gasteiger partial charge on any atom is 0.226 e. The van der Waals surface area contributed by atoms with Crippen molar-refractivity contribution in [2.75, 3.05) is 13.1 Å². The van der Waals surface area contributed by atoms with Gasteiger partial charge in [0.25, 0.3) is 0 Å². The van der Waals surface area contributed by atoms with Crippen LogP contribution in [0.5, 0.6) is 0 Å². The van der Waals surface area contributed by atoms with Crippen molar-refractivity contribution in [1.29, 1.82) is 0 Å². The first kappa shape index (κ1) is 15.1. The van der Waals surface area contributed by atoms with Crippen LogP contribution in [0.25, 0.3) is 0 Å². The van der Waals surface area contributed by atoms with Gasteiger partial charge in [-0.15, -0.1) is 0 Å². The molecule has 0 N–H and O–H groups in total. The van der Waals surface area contributed by atoms with E-state index >= 15 is 0 Å². The van der Waals surface area contributed by atoms with Gasteiger partial charge in [-0.3, -0.25) is 4.79 Å². The molecule has 2 atom stereocenters. The molecule has 1 fully saturated rings. The van der Waals surface area contributed by atoms with Crippen molar-refractivity contribution in [2.45, 2.75) is 40.0 Å². The van der Waals surface area contributed by atoms with Crippen LogP contribution in [0.1, 0.15) is 45.6 Å². The van der Waals surface area contributed by atoms with Crippen LogP contribution >= 0.6 is 0 Å². The second-order valence-electron chi connectivity index (χ2n) is 6.89. The summed E-state index contributed by atoms with van der Waals surface area (Å²) in [5, 5.41) is 0. The van der Waals surface area contributed by atoms with E-state index in [2.05, 4.69) is 56.9 Å². The standard InChI is InChI=1S/C18H27NO/c1-13(2)11-19(12-14(3)4)18(20)17-10-16(17)15-8-6-5-7-9-15/h5-9,13-14,16-17H,10-12H2,1-4H3/t16-,17+/m1/s1. The van der Waals surface area contributed by atoms with E-state index in [0.717, 1.165) is 19.5 Å². The average Bonchev–Trinajstić information content (AvgIpc) is 3.17. The molecule has 0 unspecified atom stereocenters. The molecule has 2 heteroatoms. The third kappa shape index (κ3) is 3.84. The van der Waals surface area contributed by atoms with Crippen molar-refractivity contribution < 1.29 is 4.79 Å². The third-order valence-electron chi connectivity index (χ3n) is 3.82. The number of carbonyl (C=O) groups is 1. The molecule has 1 aliphatic rings. The normalized spacial score (nSPS) is 21.3. The summed E-state index contributed by atoms with van der Waals surface area (Å²) >= 11 is 0. The van der Waals surface area contributed by atoms with E-state index < -0.39 is 0 Å². The Morgan fingerprint density at radius 1 is 1.10 bits per heavy atom. The molecule has 1 aromatic rings. The smallest absolute Gasteiger partial charge is 0.226 e. The van der Waals surface area contributed by atoms with Crippen LogP contribution in [0.15, 0.2) is 30.3 Å². The number of benzene rings is 1. The molecule has 0 aliphatic heterocycles. The first-order valence-electron chi connectivity index (χ1n) is 7.82. The quantitative estimate of drug-likeness (QED) is 0.769. The highest BCUT2D eigenvalue weighted by atomic mass is 16.2. The van der Waals surface area contributed by atoms with Crippen LogP contribution in [0.3, 0.4) is 0 Å². The minimum absolute atomic E-state index is 0.217. The van der Waals surface area contributed by atoms with E-state index in [-0.39, 0.29) is 5.92 Å². The molecule has 20 heavy (non-hydrogen) atoms. The first-order chi connectivity index (χ1) is 9.49. The molecule has 1 amide bonds. The lowest BCUT2D eigenvalue weighted by Crippen LogP contribution is -2.38. The maximum atomic E-state index is 12.7.